The van der Waals surface area contributed by atoms with Gasteiger partial charge in [-0.3, -0.25) is 0 Å². The van der Waals surface area contributed by atoms with Gasteiger partial charge in [-0.2, -0.15) is 0 Å². The van der Waals surface area contributed by atoms with Crippen LogP contribution in [0.25, 0.3) is 0 Å². The third-order valence-electron chi connectivity index (χ3n) is 0.965. The molecule has 0 aliphatic heterocycles. The molecular weight excluding hydrogens is 91.0 g/mol. The van der Waals surface area contributed by atoms with Gasteiger partial charge >= 0.3 is 0 Å². The Morgan fingerprint density at radius 1 is 1.50 bits per heavy atom. The molecule has 1 unspecified atom stereocenters. The van der Waals surface area contributed by atoms with Crippen molar-refractivity contribution in [3.63, 3.8) is 0 Å². The normalized spacial score (nSPS) is 15.3. The Morgan fingerprint density at radius 2 is 1.67 bits per heavy atom. The molecular formula is C4H11AlO. The van der Waals surface area contributed by atoms with Gasteiger partial charge in [-0.25, -0.2) is 0 Å². The number of rotatable bonds is 1. The highest BCUT2D eigenvalue weighted by molar-refractivity contribution is 6.10. The number of aliphatic hydroxyl groups is 1. The van der Waals surface area contributed by atoms with Crippen molar-refractivity contribution in [1.29, 1.82) is 0 Å². The highest BCUT2D eigenvalue weighted by Crippen LogP contribution is 1.93. The lowest BCUT2D eigenvalue weighted by Crippen LogP contribution is -2.12. The van der Waals surface area contributed by atoms with Crippen LogP contribution in [-0.4, -0.2) is 26.4 Å². The molecule has 1 nitrogen and oxygen atoms in total. The van der Waals surface area contributed by atoms with Gasteiger partial charge in [0.05, 0.1) is 0 Å². The minimum atomic E-state index is -0.00926. The average Bonchev–Trinajstić information content (AvgIpc) is 1.36. The lowest BCUT2D eigenvalue weighted by atomic mass is 10.2. The van der Waals surface area contributed by atoms with Crippen molar-refractivity contribution in [2.24, 2.45) is 5.92 Å². The summed E-state index contributed by atoms with van der Waals surface area (Å²) in [5, 5.41) is 8.69. The Bertz CT molecular complexity index is 28.5. The minimum absolute atomic E-state index is 0.00926. The summed E-state index contributed by atoms with van der Waals surface area (Å²) in [5.74, 6) is 0.469. The fraction of sp³-hybridized carbons (Fsp3) is 1.00. The maximum Gasteiger partial charge on any atom is 0.258 e. The van der Waals surface area contributed by atoms with Crippen LogP contribution in [0.3, 0.4) is 0 Å². The SMILES string of the molecule is CC(C)[CH](O)[AlH2]. The van der Waals surface area contributed by atoms with E-state index in [1.54, 1.807) is 0 Å². The van der Waals surface area contributed by atoms with Gasteiger partial charge < -0.3 is 5.11 Å². The first kappa shape index (κ1) is 6.49. The van der Waals surface area contributed by atoms with Crippen molar-refractivity contribution in [2.75, 3.05) is 0 Å². The lowest BCUT2D eigenvalue weighted by Gasteiger charge is -2.04. The van der Waals surface area contributed by atoms with E-state index in [0.717, 1.165) is 16.3 Å². The topological polar surface area (TPSA) is 20.2 Å². The molecule has 0 saturated heterocycles. The zero-order valence-electron chi connectivity index (χ0n) is 4.60. The van der Waals surface area contributed by atoms with Crippen LogP contribution in [0.4, 0.5) is 0 Å². The Labute approximate surface area is 46.8 Å². The number of aliphatic hydroxyl groups excluding tert-OH is 1. The molecule has 1 atom stereocenters. The molecule has 0 heterocycles. The molecule has 0 bridgehead atoms. The van der Waals surface area contributed by atoms with Crippen LogP contribution < -0.4 is 0 Å². The first-order valence-corrected chi connectivity index (χ1v) is 3.48. The summed E-state index contributed by atoms with van der Waals surface area (Å²) < 4.78 is 0. The first-order valence-electron chi connectivity index (χ1n) is 2.32. The summed E-state index contributed by atoms with van der Waals surface area (Å²) in [4.78, 5) is -0.00926. The van der Waals surface area contributed by atoms with Gasteiger partial charge in [-0.1, -0.05) is 13.8 Å². The molecule has 36 valence electrons. The second-order valence-electron chi connectivity index (χ2n) is 1.98. The number of hydrogen-bond acceptors (Lipinski definition) is 1. The molecule has 0 rings (SSSR count). The van der Waals surface area contributed by atoms with Crippen LogP contribution >= 0.6 is 0 Å². The van der Waals surface area contributed by atoms with Gasteiger partial charge in [-0.05, 0) is 10.9 Å². The van der Waals surface area contributed by atoms with E-state index in [2.05, 4.69) is 0 Å². The fourth-order valence-corrected chi connectivity index (χ4v) is 0. The summed E-state index contributed by atoms with van der Waals surface area (Å²) in [7, 11) is 0. The van der Waals surface area contributed by atoms with E-state index < -0.39 is 0 Å². The van der Waals surface area contributed by atoms with Crippen molar-refractivity contribution >= 4 is 16.3 Å². The summed E-state index contributed by atoms with van der Waals surface area (Å²) in [5.41, 5.74) is 0. The third-order valence-corrected chi connectivity index (χ3v) is 2.30. The average molecular weight is 102 g/mol. The molecule has 0 aromatic carbocycles. The van der Waals surface area contributed by atoms with Crippen molar-refractivity contribution < 1.29 is 5.11 Å². The van der Waals surface area contributed by atoms with Gasteiger partial charge in [0.15, 0.2) is 0 Å². The van der Waals surface area contributed by atoms with Crippen LogP contribution in [0, 0.1) is 5.92 Å². The monoisotopic (exact) mass is 102 g/mol. The molecule has 0 amide bonds. The predicted molar refractivity (Wildman–Crippen MR) is 29.4 cm³/mol. The maximum absolute atomic E-state index is 8.69. The summed E-state index contributed by atoms with van der Waals surface area (Å²) >= 11 is 0.909. The van der Waals surface area contributed by atoms with Gasteiger partial charge in [0.25, 0.3) is 16.3 Å². The molecule has 1 N–H and O–H groups in total. The van der Waals surface area contributed by atoms with E-state index in [1.165, 1.54) is 0 Å². The van der Waals surface area contributed by atoms with Crippen LogP contribution in [0.5, 0.6) is 0 Å². The Morgan fingerprint density at radius 3 is 1.67 bits per heavy atom. The molecule has 0 fully saturated rings. The molecule has 0 spiro atoms. The molecule has 6 heavy (non-hydrogen) atoms. The number of hydrogen-bond donors (Lipinski definition) is 1. The van der Waals surface area contributed by atoms with Crippen molar-refractivity contribution in [3.8, 4) is 0 Å². The van der Waals surface area contributed by atoms with E-state index in [4.69, 9.17) is 5.11 Å². The summed E-state index contributed by atoms with van der Waals surface area (Å²) in [6, 6.07) is 0. The van der Waals surface area contributed by atoms with Crippen LogP contribution in [0.1, 0.15) is 13.8 Å². The Hall–Kier alpha value is 0.492. The fourth-order valence-electron chi connectivity index (χ4n) is 0. The Kier molecular flexibility index (Phi) is 2.85. The molecule has 2 heteroatoms. The van der Waals surface area contributed by atoms with Crippen molar-refractivity contribution in [2.45, 2.75) is 18.8 Å². The molecule has 0 aliphatic rings. The molecule has 0 saturated carbocycles. The van der Waals surface area contributed by atoms with E-state index in [9.17, 15) is 0 Å². The summed E-state index contributed by atoms with van der Waals surface area (Å²) in [6.07, 6.45) is 0. The first-order chi connectivity index (χ1) is 2.64. The van der Waals surface area contributed by atoms with E-state index >= 15 is 0 Å². The van der Waals surface area contributed by atoms with Crippen molar-refractivity contribution in [1.82, 2.24) is 0 Å². The minimum Gasteiger partial charge on any atom is -0.409 e. The molecule has 0 aliphatic carbocycles. The van der Waals surface area contributed by atoms with Gasteiger partial charge in [0, 0.05) is 0 Å². The van der Waals surface area contributed by atoms with Crippen molar-refractivity contribution in [3.05, 3.63) is 0 Å². The molecule has 0 aromatic heterocycles. The molecule has 0 radical (unpaired) electrons. The molecule has 0 aromatic rings. The van der Waals surface area contributed by atoms with Crippen LogP contribution in [0.15, 0.2) is 0 Å². The van der Waals surface area contributed by atoms with Crippen LogP contribution in [-0.2, 0) is 0 Å². The lowest BCUT2D eigenvalue weighted by molar-refractivity contribution is 0.204. The van der Waals surface area contributed by atoms with Crippen LogP contribution in [0.2, 0.25) is 0 Å². The zero-order valence-corrected chi connectivity index (χ0v) is 6.60. The van der Waals surface area contributed by atoms with E-state index in [1.807, 2.05) is 13.8 Å². The second-order valence-corrected chi connectivity index (χ2v) is 3.17. The quantitative estimate of drug-likeness (QED) is 0.446. The highest BCUT2D eigenvalue weighted by Gasteiger charge is 1.98. The van der Waals surface area contributed by atoms with E-state index in [-0.39, 0.29) is 4.97 Å². The zero-order chi connectivity index (χ0) is 5.15. The standard InChI is InChI=1S/C4H9O.Al.2H/c1-4(2)3-5;;;/h3-5H,1-2H3;;;. The van der Waals surface area contributed by atoms with Gasteiger partial charge in [-0.15, -0.1) is 0 Å². The van der Waals surface area contributed by atoms with Gasteiger partial charge in [0.2, 0.25) is 0 Å². The Balaban J connectivity index is 2.99. The summed E-state index contributed by atoms with van der Waals surface area (Å²) in [6.45, 7) is 4.05. The maximum atomic E-state index is 8.69. The van der Waals surface area contributed by atoms with E-state index in [0.29, 0.717) is 5.92 Å². The predicted octanol–water partition coefficient (Wildman–Crippen LogP) is -0.406. The van der Waals surface area contributed by atoms with Gasteiger partial charge in [0.1, 0.15) is 0 Å². The third kappa shape index (κ3) is 2.72. The highest BCUT2D eigenvalue weighted by atomic mass is 27.0. The smallest absolute Gasteiger partial charge is 0.258 e. The largest absolute Gasteiger partial charge is 0.409 e. The second kappa shape index (κ2) is 2.63.